The van der Waals surface area contributed by atoms with E-state index in [1.807, 2.05) is 0 Å². The lowest BCUT2D eigenvalue weighted by Crippen LogP contribution is -2.26. The highest BCUT2D eigenvalue weighted by Gasteiger charge is 2.22. The van der Waals surface area contributed by atoms with Crippen molar-refractivity contribution in [2.75, 3.05) is 11.9 Å². The van der Waals surface area contributed by atoms with Crippen molar-refractivity contribution >= 4 is 29.0 Å². The van der Waals surface area contributed by atoms with Gasteiger partial charge in [0.25, 0.3) is 0 Å². The SMILES string of the molecule is CC(C)(CNc1nnc(CCl)o1)c1cccs1. The summed E-state index contributed by atoms with van der Waals surface area (Å²) in [6.07, 6.45) is 0. The van der Waals surface area contributed by atoms with Gasteiger partial charge in [-0.25, -0.2) is 0 Å². The molecule has 17 heavy (non-hydrogen) atoms. The van der Waals surface area contributed by atoms with Crippen LogP contribution in [0, 0.1) is 0 Å². The Kier molecular flexibility index (Phi) is 3.69. The average molecular weight is 272 g/mol. The Morgan fingerprint density at radius 1 is 1.47 bits per heavy atom. The van der Waals surface area contributed by atoms with E-state index < -0.39 is 0 Å². The third-order valence-corrected chi connectivity index (χ3v) is 3.92. The first kappa shape index (κ1) is 12.4. The van der Waals surface area contributed by atoms with Gasteiger partial charge >= 0.3 is 6.01 Å². The largest absolute Gasteiger partial charge is 0.407 e. The minimum absolute atomic E-state index is 0.0315. The first-order valence-electron chi connectivity index (χ1n) is 5.28. The molecule has 0 saturated carbocycles. The number of anilines is 1. The normalized spacial score (nSPS) is 11.7. The molecule has 0 unspecified atom stereocenters. The number of aromatic nitrogens is 2. The van der Waals surface area contributed by atoms with Gasteiger partial charge in [0.1, 0.15) is 5.88 Å². The summed E-state index contributed by atoms with van der Waals surface area (Å²) in [5, 5.41) is 12.9. The van der Waals surface area contributed by atoms with Crippen LogP contribution in [-0.4, -0.2) is 16.7 Å². The number of nitrogens with one attached hydrogen (secondary N) is 1. The van der Waals surface area contributed by atoms with Crippen molar-refractivity contribution in [3.05, 3.63) is 28.3 Å². The average Bonchev–Trinajstić information content (AvgIpc) is 2.98. The van der Waals surface area contributed by atoms with E-state index in [1.54, 1.807) is 11.3 Å². The van der Waals surface area contributed by atoms with Gasteiger partial charge in [-0.2, -0.15) is 0 Å². The summed E-state index contributed by atoms with van der Waals surface area (Å²) in [5.74, 6) is 0.673. The van der Waals surface area contributed by atoms with Crippen molar-refractivity contribution in [3.63, 3.8) is 0 Å². The molecule has 0 saturated heterocycles. The molecule has 6 heteroatoms. The van der Waals surface area contributed by atoms with Crippen molar-refractivity contribution < 1.29 is 4.42 Å². The first-order valence-corrected chi connectivity index (χ1v) is 6.69. The van der Waals surface area contributed by atoms with E-state index in [9.17, 15) is 0 Å². The fourth-order valence-electron chi connectivity index (χ4n) is 1.43. The number of hydrogen-bond acceptors (Lipinski definition) is 5. The van der Waals surface area contributed by atoms with Crippen molar-refractivity contribution in [2.24, 2.45) is 0 Å². The van der Waals surface area contributed by atoms with Crippen LogP contribution in [0.4, 0.5) is 6.01 Å². The Hall–Kier alpha value is -1.07. The van der Waals surface area contributed by atoms with Gasteiger partial charge in [-0.3, -0.25) is 0 Å². The molecule has 2 heterocycles. The summed E-state index contributed by atoms with van der Waals surface area (Å²) in [4.78, 5) is 1.32. The summed E-state index contributed by atoms with van der Waals surface area (Å²) >= 11 is 7.34. The third-order valence-electron chi connectivity index (χ3n) is 2.45. The zero-order valence-electron chi connectivity index (χ0n) is 9.74. The maximum absolute atomic E-state index is 5.59. The smallest absolute Gasteiger partial charge is 0.315 e. The zero-order chi connectivity index (χ0) is 12.3. The molecule has 2 aromatic heterocycles. The maximum Gasteiger partial charge on any atom is 0.315 e. The van der Waals surface area contributed by atoms with Gasteiger partial charge in [-0.15, -0.1) is 28.0 Å². The summed E-state index contributed by atoms with van der Waals surface area (Å²) in [6, 6.07) is 4.61. The third kappa shape index (κ3) is 2.98. The lowest BCUT2D eigenvalue weighted by molar-refractivity contribution is 0.507. The molecule has 92 valence electrons. The van der Waals surface area contributed by atoms with E-state index >= 15 is 0 Å². The number of rotatable bonds is 5. The van der Waals surface area contributed by atoms with Crippen LogP contribution in [0.5, 0.6) is 0 Å². The van der Waals surface area contributed by atoms with Crippen LogP contribution in [0.2, 0.25) is 0 Å². The van der Waals surface area contributed by atoms with Gasteiger partial charge in [-0.05, 0) is 11.4 Å². The van der Waals surface area contributed by atoms with Gasteiger partial charge in [0.15, 0.2) is 0 Å². The molecule has 0 spiro atoms. The molecule has 0 aliphatic rings. The molecule has 0 aliphatic carbocycles. The molecular formula is C11H14ClN3OS. The van der Waals surface area contributed by atoms with Gasteiger partial charge < -0.3 is 9.73 Å². The lowest BCUT2D eigenvalue weighted by atomic mass is 9.91. The maximum atomic E-state index is 5.59. The van der Waals surface area contributed by atoms with Crippen molar-refractivity contribution in [1.82, 2.24) is 10.2 Å². The minimum atomic E-state index is 0.0315. The Morgan fingerprint density at radius 3 is 2.88 bits per heavy atom. The quantitative estimate of drug-likeness (QED) is 0.848. The zero-order valence-corrected chi connectivity index (χ0v) is 11.3. The van der Waals surface area contributed by atoms with Crippen molar-refractivity contribution in [2.45, 2.75) is 25.1 Å². The van der Waals surface area contributed by atoms with E-state index in [4.69, 9.17) is 16.0 Å². The predicted molar refractivity (Wildman–Crippen MR) is 69.7 cm³/mol. The van der Waals surface area contributed by atoms with E-state index in [-0.39, 0.29) is 11.3 Å². The fraction of sp³-hybridized carbons (Fsp3) is 0.455. The van der Waals surface area contributed by atoms with Crippen LogP contribution in [0.3, 0.4) is 0 Å². The molecular weight excluding hydrogens is 258 g/mol. The number of nitrogens with zero attached hydrogens (tertiary/aromatic N) is 2. The predicted octanol–water partition coefficient (Wildman–Crippen LogP) is 3.26. The molecule has 1 N–H and O–H groups in total. The highest BCUT2D eigenvalue weighted by Crippen LogP contribution is 2.27. The molecule has 0 fully saturated rings. The summed E-state index contributed by atoms with van der Waals surface area (Å²) < 4.78 is 5.28. The Morgan fingerprint density at radius 2 is 2.29 bits per heavy atom. The number of hydrogen-bond donors (Lipinski definition) is 1. The number of alkyl halides is 1. The molecule has 0 aromatic carbocycles. The van der Waals surface area contributed by atoms with Crippen molar-refractivity contribution in [1.29, 1.82) is 0 Å². The van der Waals surface area contributed by atoms with E-state index in [2.05, 4.69) is 46.9 Å². The number of halogens is 1. The highest BCUT2D eigenvalue weighted by atomic mass is 35.5. The van der Waals surface area contributed by atoms with E-state index in [1.165, 1.54) is 4.88 Å². The summed E-state index contributed by atoms with van der Waals surface area (Å²) in [6.45, 7) is 5.08. The highest BCUT2D eigenvalue weighted by molar-refractivity contribution is 7.10. The van der Waals surface area contributed by atoms with Crippen LogP contribution in [0.1, 0.15) is 24.6 Å². The number of thiophene rings is 1. The molecule has 2 aromatic rings. The van der Waals surface area contributed by atoms with Gasteiger partial charge in [-0.1, -0.05) is 25.0 Å². The lowest BCUT2D eigenvalue weighted by Gasteiger charge is -2.22. The van der Waals surface area contributed by atoms with Gasteiger partial charge in [0, 0.05) is 16.8 Å². The molecule has 0 aliphatic heterocycles. The molecule has 0 atom stereocenters. The molecule has 0 amide bonds. The second-order valence-electron chi connectivity index (χ2n) is 4.35. The second kappa shape index (κ2) is 5.06. The van der Waals surface area contributed by atoms with Gasteiger partial charge in [0.05, 0.1) is 0 Å². The van der Waals surface area contributed by atoms with Crippen LogP contribution < -0.4 is 5.32 Å². The van der Waals surface area contributed by atoms with Crippen LogP contribution in [0.25, 0.3) is 0 Å². The van der Waals surface area contributed by atoms with Crippen LogP contribution in [-0.2, 0) is 11.3 Å². The minimum Gasteiger partial charge on any atom is -0.407 e. The topological polar surface area (TPSA) is 51.0 Å². The second-order valence-corrected chi connectivity index (χ2v) is 5.56. The van der Waals surface area contributed by atoms with Crippen LogP contribution in [0.15, 0.2) is 21.9 Å². The van der Waals surface area contributed by atoms with Crippen molar-refractivity contribution in [3.8, 4) is 0 Å². The Labute approximate surface area is 109 Å². The first-order chi connectivity index (χ1) is 8.12. The van der Waals surface area contributed by atoms with E-state index in [0.29, 0.717) is 11.9 Å². The Balaban J connectivity index is 1.97. The summed E-state index contributed by atoms with van der Waals surface area (Å²) in [7, 11) is 0. The monoisotopic (exact) mass is 271 g/mol. The summed E-state index contributed by atoms with van der Waals surface area (Å²) in [5.41, 5.74) is 0.0315. The standard InChI is InChI=1S/C11H14ClN3OS/c1-11(2,8-4-3-5-17-8)7-13-10-15-14-9(6-12)16-10/h3-5H,6-7H2,1-2H3,(H,13,15). The molecule has 2 rings (SSSR count). The molecule has 4 nitrogen and oxygen atoms in total. The molecule has 0 bridgehead atoms. The Bertz CT molecular complexity index is 467. The van der Waals surface area contributed by atoms with Gasteiger partial charge in [0.2, 0.25) is 5.89 Å². The molecule has 0 radical (unpaired) electrons. The fourth-order valence-corrected chi connectivity index (χ4v) is 2.39. The van der Waals surface area contributed by atoms with E-state index in [0.717, 1.165) is 6.54 Å². The van der Waals surface area contributed by atoms with Crippen LogP contribution >= 0.6 is 22.9 Å².